The molecule has 0 saturated heterocycles. The van der Waals surface area contributed by atoms with Crippen LogP contribution in [-0.4, -0.2) is 43.3 Å². The smallest absolute Gasteiger partial charge is 0.394 e. The molecule has 0 aromatic carbocycles. The van der Waals surface area contributed by atoms with Gasteiger partial charge in [0.1, 0.15) is 12.5 Å². The molecule has 2 heterocycles. The highest BCUT2D eigenvalue weighted by Crippen LogP contribution is 2.28. The van der Waals surface area contributed by atoms with Gasteiger partial charge in [0.25, 0.3) is 0 Å². The van der Waals surface area contributed by atoms with Gasteiger partial charge in [0.15, 0.2) is 0 Å². The molecule has 0 radical (unpaired) electrons. The Kier molecular flexibility index (Phi) is 3.91. The second kappa shape index (κ2) is 5.44. The fraction of sp³-hybridized carbons (Fsp3) is 0.615. The van der Waals surface area contributed by atoms with E-state index < -0.39 is 11.9 Å². The van der Waals surface area contributed by atoms with Crippen LogP contribution < -0.4 is 5.11 Å². The Morgan fingerprint density at radius 1 is 1.50 bits per heavy atom. The Labute approximate surface area is 107 Å². The predicted octanol–water partition coefficient (Wildman–Crippen LogP) is 0.276. The summed E-state index contributed by atoms with van der Waals surface area (Å²) in [6, 6.07) is 0. The quantitative estimate of drug-likeness (QED) is 0.403. The molecule has 0 aromatic heterocycles. The fourth-order valence-corrected chi connectivity index (χ4v) is 2.60. The zero-order chi connectivity index (χ0) is 13.0. The number of carbonyl (C=O) groups excluding carboxylic acids is 1. The zero-order valence-electron chi connectivity index (χ0n) is 10.7. The molecule has 0 aromatic rings. The van der Waals surface area contributed by atoms with Gasteiger partial charge in [-0.05, 0) is 19.6 Å². The lowest BCUT2D eigenvalue weighted by molar-refractivity contribution is -0.885. The number of hydrogen-bond acceptors (Lipinski definition) is 4. The van der Waals surface area contributed by atoms with Gasteiger partial charge in [-0.1, -0.05) is 6.08 Å². The third-order valence-electron chi connectivity index (χ3n) is 3.45. The van der Waals surface area contributed by atoms with Gasteiger partial charge in [-0.25, -0.2) is 4.79 Å². The Hall–Kier alpha value is -1.49. The van der Waals surface area contributed by atoms with Gasteiger partial charge in [-0.2, -0.15) is 0 Å². The van der Waals surface area contributed by atoms with Crippen molar-refractivity contribution in [1.29, 1.82) is 0 Å². The molecule has 18 heavy (non-hydrogen) atoms. The van der Waals surface area contributed by atoms with E-state index >= 15 is 0 Å². The second-order valence-corrected chi connectivity index (χ2v) is 4.59. The molecular weight excluding hydrogens is 234 g/mol. The topological polar surface area (TPSA) is 58.6 Å². The summed E-state index contributed by atoms with van der Waals surface area (Å²) in [6.45, 7) is 4.57. The summed E-state index contributed by atoms with van der Waals surface area (Å²) in [5.74, 6) is -1.04. The van der Waals surface area contributed by atoms with E-state index in [0.29, 0.717) is 17.6 Å². The van der Waals surface area contributed by atoms with Crippen LogP contribution in [0.4, 0.5) is 0 Å². The largest absolute Gasteiger partial charge is 0.609 e. The first-order valence-corrected chi connectivity index (χ1v) is 6.42. The van der Waals surface area contributed by atoms with Crippen LogP contribution in [0.1, 0.15) is 19.8 Å². The number of hydrogen-bond donors (Lipinski definition) is 0. The standard InChI is InChI=1S/C13H19NO4/c1-2-17-12(15)11-13(16)18-10-6-9-14(11)7-4-3-5-8-14/h3-4H,2,5-10H2,1H3. The van der Waals surface area contributed by atoms with Crippen LogP contribution in [0, 0.1) is 0 Å². The van der Waals surface area contributed by atoms with E-state index in [0.717, 1.165) is 25.9 Å². The third kappa shape index (κ3) is 2.36. The van der Waals surface area contributed by atoms with E-state index in [-0.39, 0.29) is 12.3 Å². The fourth-order valence-electron chi connectivity index (χ4n) is 2.60. The van der Waals surface area contributed by atoms with E-state index in [1.54, 1.807) is 6.92 Å². The minimum absolute atomic E-state index is 0.165. The van der Waals surface area contributed by atoms with Crippen molar-refractivity contribution in [2.45, 2.75) is 19.8 Å². The molecule has 5 heteroatoms. The monoisotopic (exact) mass is 253 g/mol. The number of nitrogens with zero attached hydrogens (tertiary/aromatic N) is 1. The average Bonchev–Trinajstić information content (AvgIpc) is 2.50. The first kappa shape index (κ1) is 13.0. The van der Waals surface area contributed by atoms with Crippen LogP contribution in [0.15, 0.2) is 23.8 Å². The molecule has 1 unspecified atom stereocenters. The molecule has 0 N–H and O–H groups in total. The Morgan fingerprint density at radius 3 is 3.00 bits per heavy atom. The molecule has 2 aliphatic rings. The zero-order valence-corrected chi connectivity index (χ0v) is 10.7. The SMILES string of the molecule is CCOC(=O)C1=C([O-])OCCC[N+]12CC=CCC2. The van der Waals surface area contributed by atoms with Gasteiger partial charge in [0.05, 0.1) is 19.7 Å². The predicted molar refractivity (Wildman–Crippen MR) is 62.8 cm³/mol. The Balaban J connectivity index is 2.37. The highest BCUT2D eigenvalue weighted by molar-refractivity contribution is 5.86. The second-order valence-electron chi connectivity index (χ2n) is 4.59. The average molecular weight is 253 g/mol. The van der Waals surface area contributed by atoms with Crippen LogP contribution in [-0.2, 0) is 14.3 Å². The van der Waals surface area contributed by atoms with Crippen molar-refractivity contribution in [2.75, 3.05) is 32.8 Å². The van der Waals surface area contributed by atoms with Crippen molar-refractivity contribution in [3.05, 3.63) is 23.8 Å². The minimum Gasteiger partial charge on any atom is -0.609 e. The van der Waals surface area contributed by atoms with Gasteiger partial charge < -0.3 is 14.6 Å². The van der Waals surface area contributed by atoms with E-state index in [2.05, 4.69) is 6.08 Å². The molecule has 5 nitrogen and oxygen atoms in total. The molecule has 0 amide bonds. The summed E-state index contributed by atoms with van der Waals surface area (Å²) in [5.41, 5.74) is 0.165. The maximum atomic E-state index is 12.0. The first-order valence-electron chi connectivity index (χ1n) is 6.42. The van der Waals surface area contributed by atoms with E-state index in [9.17, 15) is 9.90 Å². The van der Waals surface area contributed by atoms with Crippen molar-refractivity contribution in [3.8, 4) is 0 Å². The van der Waals surface area contributed by atoms with Crippen LogP contribution in [0.2, 0.25) is 0 Å². The highest BCUT2D eigenvalue weighted by atomic mass is 16.6. The molecule has 1 atom stereocenters. The summed E-state index contributed by atoms with van der Waals surface area (Å²) in [7, 11) is 0. The lowest BCUT2D eigenvalue weighted by atomic mass is 10.1. The van der Waals surface area contributed by atoms with E-state index in [4.69, 9.17) is 9.47 Å². The lowest BCUT2D eigenvalue weighted by Gasteiger charge is -2.39. The molecular formula is C13H19NO4. The summed E-state index contributed by atoms with van der Waals surface area (Å²) >= 11 is 0. The molecule has 2 rings (SSSR count). The van der Waals surface area contributed by atoms with Crippen molar-refractivity contribution in [3.63, 3.8) is 0 Å². The maximum Gasteiger partial charge on any atom is 0.394 e. The molecule has 100 valence electrons. The van der Waals surface area contributed by atoms with Crippen LogP contribution in [0.3, 0.4) is 0 Å². The van der Waals surface area contributed by atoms with E-state index in [1.165, 1.54) is 0 Å². The molecule has 2 aliphatic heterocycles. The van der Waals surface area contributed by atoms with Gasteiger partial charge in [-0.3, -0.25) is 4.48 Å². The highest BCUT2D eigenvalue weighted by Gasteiger charge is 2.40. The molecule has 0 aliphatic carbocycles. The number of rotatable bonds is 2. The van der Waals surface area contributed by atoms with Crippen molar-refractivity contribution in [2.24, 2.45) is 0 Å². The maximum absolute atomic E-state index is 12.0. The molecule has 0 saturated carbocycles. The summed E-state index contributed by atoms with van der Waals surface area (Å²) in [4.78, 5) is 12.0. The Morgan fingerprint density at radius 2 is 2.33 bits per heavy atom. The number of carbonyl (C=O) groups is 1. The normalized spacial score (nSPS) is 27.8. The summed E-state index contributed by atoms with van der Waals surface area (Å²) in [5, 5.41) is 12.0. The van der Waals surface area contributed by atoms with Crippen LogP contribution >= 0.6 is 0 Å². The van der Waals surface area contributed by atoms with Crippen molar-refractivity contribution >= 4 is 5.97 Å². The van der Waals surface area contributed by atoms with Crippen molar-refractivity contribution < 1.29 is 23.9 Å². The first-order chi connectivity index (χ1) is 8.69. The molecule has 0 fully saturated rings. The number of quaternary nitrogens is 1. The number of esters is 1. The summed E-state index contributed by atoms with van der Waals surface area (Å²) < 4.78 is 10.5. The van der Waals surface area contributed by atoms with Crippen molar-refractivity contribution in [1.82, 2.24) is 0 Å². The van der Waals surface area contributed by atoms with Crippen LogP contribution in [0.25, 0.3) is 0 Å². The third-order valence-corrected chi connectivity index (χ3v) is 3.45. The van der Waals surface area contributed by atoms with Gasteiger partial charge in [-0.15, -0.1) is 0 Å². The minimum atomic E-state index is -0.528. The number of ether oxygens (including phenoxy) is 2. The van der Waals surface area contributed by atoms with Gasteiger partial charge in [0, 0.05) is 12.8 Å². The molecule has 1 spiro atoms. The van der Waals surface area contributed by atoms with Gasteiger partial charge in [0.2, 0.25) is 5.70 Å². The van der Waals surface area contributed by atoms with Gasteiger partial charge >= 0.3 is 5.97 Å². The van der Waals surface area contributed by atoms with E-state index in [1.807, 2.05) is 6.08 Å². The summed E-state index contributed by atoms with van der Waals surface area (Å²) in [6.07, 6.45) is 5.77. The Bertz CT molecular complexity index is 388. The van der Waals surface area contributed by atoms with Crippen LogP contribution in [0.5, 0.6) is 0 Å². The lowest BCUT2D eigenvalue weighted by Crippen LogP contribution is -2.52. The molecule has 0 bridgehead atoms.